The van der Waals surface area contributed by atoms with Gasteiger partial charge in [-0.05, 0) is 24.8 Å². The first kappa shape index (κ1) is 14.2. The summed E-state index contributed by atoms with van der Waals surface area (Å²) in [4.78, 5) is 0. The minimum absolute atomic E-state index is 0.300. The lowest BCUT2D eigenvalue weighted by atomic mass is 9.87. The van der Waals surface area contributed by atoms with E-state index < -0.39 is 0 Å². The van der Waals surface area contributed by atoms with Crippen LogP contribution in [0, 0.1) is 5.41 Å². The van der Waals surface area contributed by atoms with Crippen molar-refractivity contribution in [1.82, 2.24) is 20.3 Å². The summed E-state index contributed by atoms with van der Waals surface area (Å²) in [5.41, 5.74) is 1.51. The lowest BCUT2D eigenvalue weighted by Crippen LogP contribution is -2.27. The molecular weight excluding hydrogens is 212 g/mol. The van der Waals surface area contributed by atoms with E-state index in [-0.39, 0.29) is 0 Å². The highest BCUT2D eigenvalue weighted by molar-refractivity contribution is 5.03. The third kappa shape index (κ3) is 4.46. The molecule has 1 unspecified atom stereocenters. The highest BCUT2D eigenvalue weighted by atomic mass is 15.4. The highest BCUT2D eigenvalue weighted by Gasteiger charge is 2.22. The third-order valence-electron chi connectivity index (χ3n) is 2.71. The first-order valence-electron chi connectivity index (χ1n) is 6.59. The third-order valence-corrected chi connectivity index (χ3v) is 2.71. The van der Waals surface area contributed by atoms with Gasteiger partial charge in [0, 0.05) is 6.54 Å². The van der Waals surface area contributed by atoms with Crippen LogP contribution in [0.3, 0.4) is 0 Å². The van der Waals surface area contributed by atoms with Gasteiger partial charge in [0.2, 0.25) is 0 Å². The summed E-state index contributed by atoms with van der Waals surface area (Å²) in [6.07, 6.45) is 4.08. The minimum atomic E-state index is 0.300. The number of rotatable bonds is 6. The van der Waals surface area contributed by atoms with Crippen molar-refractivity contribution in [1.29, 1.82) is 0 Å². The van der Waals surface area contributed by atoms with Gasteiger partial charge in [-0.3, -0.25) is 0 Å². The summed E-state index contributed by atoms with van der Waals surface area (Å²) in [7, 11) is 0. The van der Waals surface area contributed by atoms with Crippen molar-refractivity contribution >= 4 is 0 Å². The molecule has 0 bridgehead atoms. The largest absolute Gasteiger partial charge is 0.309 e. The zero-order valence-electron chi connectivity index (χ0n) is 11.8. The van der Waals surface area contributed by atoms with Crippen LogP contribution in [-0.2, 0) is 6.54 Å². The van der Waals surface area contributed by atoms with Gasteiger partial charge in [-0.25, -0.2) is 4.68 Å². The Labute approximate surface area is 105 Å². The van der Waals surface area contributed by atoms with Crippen LogP contribution in [0.1, 0.15) is 59.2 Å². The Balaban J connectivity index is 2.84. The van der Waals surface area contributed by atoms with Gasteiger partial charge in [0.25, 0.3) is 0 Å². The first-order valence-corrected chi connectivity index (χ1v) is 6.59. The summed E-state index contributed by atoms with van der Waals surface area (Å²) in [6, 6.07) is 0.349. The van der Waals surface area contributed by atoms with Gasteiger partial charge in [0.15, 0.2) is 0 Å². The van der Waals surface area contributed by atoms with Crippen molar-refractivity contribution < 1.29 is 0 Å². The van der Waals surface area contributed by atoms with Crippen LogP contribution < -0.4 is 5.32 Å². The summed E-state index contributed by atoms with van der Waals surface area (Å²) in [5, 5.41) is 11.8. The summed E-state index contributed by atoms with van der Waals surface area (Å²) in [6.45, 7) is 13.0. The second-order valence-electron chi connectivity index (χ2n) is 5.76. The van der Waals surface area contributed by atoms with Crippen LogP contribution in [0.2, 0.25) is 0 Å². The molecule has 1 rings (SSSR count). The molecule has 0 amide bonds. The number of nitrogens with zero attached hydrogens (tertiary/aromatic N) is 3. The molecule has 1 N–H and O–H groups in total. The molecule has 0 aliphatic rings. The highest BCUT2D eigenvalue weighted by Crippen LogP contribution is 2.28. The Morgan fingerprint density at radius 1 is 1.35 bits per heavy atom. The molecule has 0 saturated carbocycles. The van der Waals surface area contributed by atoms with Crippen molar-refractivity contribution in [3.05, 3.63) is 11.9 Å². The molecule has 0 aliphatic heterocycles. The first-order chi connectivity index (χ1) is 7.98. The molecule has 98 valence electrons. The molecule has 1 atom stereocenters. The Kier molecular flexibility index (Phi) is 5.12. The van der Waals surface area contributed by atoms with E-state index in [2.05, 4.69) is 50.2 Å². The molecule has 1 aromatic heterocycles. The Hall–Kier alpha value is -0.900. The summed E-state index contributed by atoms with van der Waals surface area (Å²) >= 11 is 0. The van der Waals surface area contributed by atoms with E-state index in [1.807, 2.05) is 10.9 Å². The lowest BCUT2D eigenvalue weighted by Gasteiger charge is -2.26. The van der Waals surface area contributed by atoms with Crippen molar-refractivity contribution in [3.8, 4) is 0 Å². The van der Waals surface area contributed by atoms with Gasteiger partial charge in [-0.15, -0.1) is 5.10 Å². The van der Waals surface area contributed by atoms with Crippen LogP contribution in [0.15, 0.2) is 6.20 Å². The van der Waals surface area contributed by atoms with E-state index in [4.69, 9.17) is 0 Å². The molecule has 0 aromatic carbocycles. The van der Waals surface area contributed by atoms with Crippen molar-refractivity contribution in [2.75, 3.05) is 6.54 Å². The fourth-order valence-corrected chi connectivity index (χ4v) is 2.06. The predicted octanol–water partition coefficient (Wildman–Crippen LogP) is 2.77. The van der Waals surface area contributed by atoms with Gasteiger partial charge in [-0.1, -0.05) is 39.8 Å². The maximum absolute atomic E-state index is 4.17. The molecular formula is C13H26N4. The number of aryl methyl sites for hydroxylation is 1. The predicted molar refractivity (Wildman–Crippen MR) is 70.8 cm³/mol. The average Bonchev–Trinajstić information content (AvgIpc) is 2.64. The topological polar surface area (TPSA) is 42.7 Å². The SMILES string of the molecule is CCCn1nncc1C(CC(C)(C)C)NCC. The van der Waals surface area contributed by atoms with Gasteiger partial charge < -0.3 is 5.32 Å². The van der Waals surface area contributed by atoms with Crippen LogP contribution in [-0.4, -0.2) is 21.5 Å². The standard InChI is InChI=1S/C13H26N4/c1-6-8-17-12(10-15-16-17)11(14-7-2)9-13(3,4)5/h10-11,14H,6-9H2,1-5H3. The molecule has 4 heteroatoms. The van der Waals surface area contributed by atoms with Crippen LogP contribution in [0.5, 0.6) is 0 Å². The molecule has 0 spiro atoms. The zero-order valence-corrected chi connectivity index (χ0v) is 11.8. The second kappa shape index (κ2) is 6.15. The molecule has 1 aromatic rings. The minimum Gasteiger partial charge on any atom is -0.309 e. The Bertz CT molecular complexity index is 324. The fourth-order valence-electron chi connectivity index (χ4n) is 2.06. The van der Waals surface area contributed by atoms with Gasteiger partial charge in [-0.2, -0.15) is 0 Å². The monoisotopic (exact) mass is 238 g/mol. The summed E-state index contributed by atoms with van der Waals surface area (Å²) < 4.78 is 2.03. The van der Waals surface area contributed by atoms with E-state index in [1.54, 1.807) is 0 Å². The van der Waals surface area contributed by atoms with Gasteiger partial charge in [0.1, 0.15) is 0 Å². The molecule has 0 radical (unpaired) electrons. The van der Waals surface area contributed by atoms with Crippen LogP contribution in [0.4, 0.5) is 0 Å². The molecule has 0 saturated heterocycles. The van der Waals surface area contributed by atoms with E-state index in [0.717, 1.165) is 25.9 Å². The number of hydrogen-bond acceptors (Lipinski definition) is 3. The number of aromatic nitrogens is 3. The van der Waals surface area contributed by atoms with Crippen LogP contribution in [0.25, 0.3) is 0 Å². The second-order valence-corrected chi connectivity index (χ2v) is 5.76. The smallest absolute Gasteiger partial charge is 0.0756 e. The maximum Gasteiger partial charge on any atom is 0.0756 e. The Morgan fingerprint density at radius 3 is 2.59 bits per heavy atom. The quantitative estimate of drug-likeness (QED) is 0.828. The zero-order chi connectivity index (χ0) is 12.9. The van der Waals surface area contributed by atoms with E-state index in [0.29, 0.717) is 11.5 Å². The van der Waals surface area contributed by atoms with Crippen molar-refractivity contribution in [2.24, 2.45) is 5.41 Å². The van der Waals surface area contributed by atoms with Crippen molar-refractivity contribution in [2.45, 2.75) is 60.0 Å². The normalized spacial score (nSPS) is 13.9. The maximum atomic E-state index is 4.17. The number of nitrogens with one attached hydrogen (secondary N) is 1. The molecule has 1 heterocycles. The van der Waals surface area contributed by atoms with E-state index in [1.165, 1.54) is 5.69 Å². The van der Waals surface area contributed by atoms with Gasteiger partial charge in [0.05, 0.1) is 17.9 Å². The average molecular weight is 238 g/mol. The molecule has 4 nitrogen and oxygen atoms in total. The van der Waals surface area contributed by atoms with E-state index in [9.17, 15) is 0 Å². The Morgan fingerprint density at radius 2 is 2.06 bits per heavy atom. The lowest BCUT2D eigenvalue weighted by molar-refractivity contribution is 0.303. The van der Waals surface area contributed by atoms with Crippen molar-refractivity contribution in [3.63, 3.8) is 0 Å². The molecule has 0 aliphatic carbocycles. The molecule has 17 heavy (non-hydrogen) atoms. The number of hydrogen-bond donors (Lipinski definition) is 1. The van der Waals surface area contributed by atoms with Crippen LogP contribution >= 0.6 is 0 Å². The van der Waals surface area contributed by atoms with Gasteiger partial charge >= 0.3 is 0 Å². The summed E-state index contributed by atoms with van der Waals surface area (Å²) in [5.74, 6) is 0. The fraction of sp³-hybridized carbons (Fsp3) is 0.846. The van der Waals surface area contributed by atoms with E-state index >= 15 is 0 Å². The molecule has 0 fully saturated rings.